The van der Waals surface area contributed by atoms with E-state index in [1.807, 2.05) is 25.1 Å². The van der Waals surface area contributed by atoms with Crippen LogP contribution in [0.15, 0.2) is 36.4 Å². The van der Waals surface area contributed by atoms with E-state index in [0.29, 0.717) is 34.7 Å². The van der Waals surface area contributed by atoms with E-state index in [-0.39, 0.29) is 18.1 Å². The predicted octanol–water partition coefficient (Wildman–Crippen LogP) is 4.27. The monoisotopic (exact) mass is 427 g/mol. The second-order valence-corrected chi connectivity index (χ2v) is 6.70. The largest absolute Gasteiger partial charge is 0.497 e. The Kier molecular flexibility index (Phi) is 7.02. The number of carboxylic acids is 1. The lowest BCUT2D eigenvalue weighted by Gasteiger charge is -2.13. The Hall–Kier alpha value is -3.68. The Morgan fingerprint density at radius 1 is 1.03 bits per heavy atom. The van der Waals surface area contributed by atoms with Gasteiger partial charge in [-0.3, -0.25) is 0 Å². The summed E-state index contributed by atoms with van der Waals surface area (Å²) < 4.78 is 21.8. The van der Waals surface area contributed by atoms with Crippen molar-refractivity contribution in [2.45, 2.75) is 20.3 Å². The minimum atomic E-state index is -1.12. The van der Waals surface area contributed by atoms with Crippen LogP contribution in [0.3, 0.4) is 0 Å². The lowest BCUT2D eigenvalue weighted by atomic mass is 10.00. The zero-order valence-electron chi connectivity index (χ0n) is 17.7. The third-order valence-electron chi connectivity index (χ3n) is 4.53. The fraction of sp³-hybridized carbons (Fsp3) is 0.304. The van der Waals surface area contributed by atoms with E-state index in [1.165, 1.54) is 7.11 Å². The maximum Gasteiger partial charge on any atom is 0.355 e. The summed E-state index contributed by atoms with van der Waals surface area (Å²) in [6.07, 6.45) is 0.859. The minimum Gasteiger partial charge on any atom is -0.497 e. The topological polar surface area (TPSA) is 107 Å². The van der Waals surface area contributed by atoms with Gasteiger partial charge in [0.2, 0.25) is 0 Å². The molecule has 31 heavy (non-hydrogen) atoms. The molecule has 3 rings (SSSR count). The summed E-state index contributed by atoms with van der Waals surface area (Å²) in [6, 6.07) is 10.5. The van der Waals surface area contributed by atoms with Gasteiger partial charge in [-0.15, -0.1) is 0 Å². The van der Waals surface area contributed by atoms with Crippen LogP contribution >= 0.6 is 0 Å². The van der Waals surface area contributed by atoms with Crippen molar-refractivity contribution in [1.82, 2.24) is 4.98 Å². The maximum absolute atomic E-state index is 12.7. The smallest absolute Gasteiger partial charge is 0.355 e. The number of esters is 1. The molecule has 1 heterocycles. The molecule has 0 saturated heterocycles. The first-order valence-electron chi connectivity index (χ1n) is 9.97. The summed E-state index contributed by atoms with van der Waals surface area (Å²) in [5, 5.41) is 9.80. The van der Waals surface area contributed by atoms with Gasteiger partial charge in [0.25, 0.3) is 0 Å². The number of hydrogen-bond acceptors (Lipinski definition) is 6. The van der Waals surface area contributed by atoms with E-state index >= 15 is 0 Å². The van der Waals surface area contributed by atoms with Gasteiger partial charge in [0.1, 0.15) is 22.9 Å². The van der Waals surface area contributed by atoms with Crippen LogP contribution < -0.4 is 14.2 Å². The predicted molar refractivity (Wildman–Crippen MR) is 115 cm³/mol. The summed E-state index contributed by atoms with van der Waals surface area (Å²) in [4.78, 5) is 26.9. The van der Waals surface area contributed by atoms with E-state index in [0.717, 1.165) is 11.8 Å². The number of fused-ring (bicyclic) bond motifs is 1. The van der Waals surface area contributed by atoms with Crippen LogP contribution in [0.5, 0.6) is 17.2 Å². The molecule has 0 fully saturated rings. The van der Waals surface area contributed by atoms with Crippen LogP contribution in [0, 0.1) is 0 Å². The molecule has 0 spiro atoms. The van der Waals surface area contributed by atoms with Crippen LogP contribution in [0.1, 0.15) is 30.8 Å². The summed E-state index contributed by atoms with van der Waals surface area (Å²) in [5.74, 6) is -0.216. The number of hydrogen-bond donors (Lipinski definition) is 2. The normalized spacial score (nSPS) is 10.7. The number of rotatable bonds is 10. The molecule has 0 unspecified atom stereocenters. The van der Waals surface area contributed by atoms with Gasteiger partial charge in [-0.25, -0.2) is 9.59 Å². The molecule has 3 aromatic rings. The number of aliphatic carboxylic acids is 1. The second-order valence-electron chi connectivity index (χ2n) is 6.70. The molecule has 1 aromatic heterocycles. The first-order chi connectivity index (χ1) is 15.0. The fourth-order valence-electron chi connectivity index (χ4n) is 3.21. The number of carbonyl (C=O) groups excluding carboxylic acids is 1. The van der Waals surface area contributed by atoms with Gasteiger partial charge >= 0.3 is 11.9 Å². The van der Waals surface area contributed by atoms with Crippen LogP contribution in [-0.4, -0.2) is 49.0 Å². The summed E-state index contributed by atoms with van der Waals surface area (Å²) >= 11 is 0. The highest BCUT2D eigenvalue weighted by Crippen LogP contribution is 2.41. The van der Waals surface area contributed by atoms with Gasteiger partial charge in [-0.05, 0) is 43.7 Å². The Bertz CT molecular complexity index is 1090. The first kappa shape index (κ1) is 22.0. The molecular weight excluding hydrogens is 402 g/mol. The molecule has 0 amide bonds. The van der Waals surface area contributed by atoms with Gasteiger partial charge in [0.15, 0.2) is 6.61 Å². The van der Waals surface area contributed by atoms with Gasteiger partial charge in [0.05, 0.1) is 20.3 Å². The van der Waals surface area contributed by atoms with Crippen LogP contribution in [0.2, 0.25) is 0 Å². The van der Waals surface area contributed by atoms with Gasteiger partial charge in [-0.2, -0.15) is 0 Å². The lowest BCUT2D eigenvalue weighted by molar-refractivity contribution is -0.139. The molecule has 0 bridgehead atoms. The van der Waals surface area contributed by atoms with Crippen molar-refractivity contribution >= 4 is 22.8 Å². The second kappa shape index (κ2) is 9.88. The van der Waals surface area contributed by atoms with Gasteiger partial charge < -0.3 is 29.0 Å². The molecule has 8 nitrogen and oxygen atoms in total. The number of methoxy groups -OCH3 is 1. The SMILES string of the molecule is CCCOc1ccc2[nH]c(C(=O)OCC)c(-c3ccc(OC)cc3OCC(=O)O)c2c1. The third kappa shape index (κ3) is 4.91. The Morgan fingerprint density at radius 3 is 2.48 bits per heavy atom. The summed E-state index contributed by atoms with van der Waals surface area (Å²) in [6.45, 7) is 3.98. The van der Waals surface area contributed by atoms with E-state index in [4.69, 9.17) is 24.1 Å². The Balaban J connectivity index is 2.23. The highest BCUT2D eigenvalue weighted by molar-refractivity contribution is 6.09. The zero-order valence-corrected chi connectivity index (χ0v) is 17.7. The molecule has 164 valence electrons. The third-order valence-corrected chi connectivity index (χ3v) is 4.53. The molecular formula is C23H25NO7. The van der Waals surface area contributed by atoms with Crippen molar-refractivity contribution in [1.29, 1.82) is 0 Å². The zero-order chi connectivity index (χ0) is 22.4. The van der Waals surface area contributed by atoms with Crippen molar-refractivity contribution in [3.05, 3.63) is 42.1 Å². The summed E-state index contributed by atoms with van der Waals surface area (Å²) in [5.41, 5.74) is 2.03. The number of benzene rings is 2. The molecule has 0 aliphatic carbocycles. The molecule has 0 aliphatic heterocycles. The van der Waals surface area contributed by atoms with Crippen LogP contribution in [-0.2, 0) is 9.53 Å². The molecule has 2 N–H and O–H groups in total. The molecule has 0 radical (unpaired) electrons. The van der Waals surface area contributed by atoms with E-state index in [2.05, 4.69) is 4.98 Å². The van der Waals surface area contributed by atoms with Crippen LogP contribution in [0.4, 0.5) is 0 Å². The quantitative estimate of drug-likeness (QED) is 0.465. The highest BCUT2D eigenvalue weighted by Gasteiger charge is 2.24. The van der Waals surface area contributed by atoms with Crippen molar-refractivity contribution in [3.8, 4) is 28.4 Å². The van der Waals surface area contributed by atoms with Crippen molar-refractivity contribution in [2.75, 3.05) is 26.9 Å². The van der Waals surface area contributed by atoms with E-state index in [9.17, 15) is 9.59 Å². The number of carboxylic acid groups (broad SMARTS) is 1. The number of H-pyrrole nitrogens is 1. The number of aromatic amines is 1. The average Bonchev–Trinajstić information content (AvgIpc) is 3.14. The van der Waals surface area contributed by atoms with E-state index in [1.54, 1.807) is 25.1 Å². The maximum atomic E-state index is 12.7. The number of nitrogens with one attached hydrogen (secondary N) is 1. The fourth-order valence-corrected chi connectivity index (χ4v) is 3.21. The molecule has 0 saturated carbocycles. The highest BCUT2D eigenvalue weighted by atomic mass is 16.5. The Morgan fingerprint density at radius 2 is 1.81 bits per heavy atom. The molecule has 0 aliphatic rings. The van der Waals surface area contributed by atoms with Crippen molar-refractivity contribution in [3.63, 3.8) is 0 Å². The number of carbonyl (C=O) groups is 2. The van der Waals surface area contributed by atoms with Crippen molar-refractivity contribution in [2.24, 2.45) is 0 Å². The standard InChI is InChI=1S/C23H25NO7/c1-4-10-30-15-7-9-18-17(11-15)21(22(24-18)23(27)29-5-2)16-8-6-14(28-3)12-19(16)31-13-20(25)26/h6-9,11-12,24H,4-5,10,13H2,1-3H3,(H,25,26). The molecule has 8 heteroatoms. The van der Waals surface area contributed by atoms with Gasteiger partial charge in [0, 0.05) is 28.1 Å². The molecule has 0 atom stereocenters. The van der Waals surface area contributed by atoms with E-state index < -0.39 is 18.5 Å². The Labute approximate surface area is 179 Å². The molecule has 2 aromatic carbocycles. The lowest BCUT2D eigenvalue weighted by Crippen LogP contribution is -2.11. The number of ether oxygens (including phenoxy) is 4. The number of aromatic nitrogens is 1. The summed E-state index contributed by atoms with van der Waals surface area (Å²) in [7, 11) is 1.50. The van der Waals surface area contributed by atoms with Crippen LogP contribution in [0.25, 0.3) is 22.0 Å². The van der Waals surface area contributed by atoms with Crippen molar-refractivity contribution < 1.29 is 33.6 Å². The average molecular weight is 427 g/mol. The van der Waals surface area contributed by atoms with Gasteiger partial charge in [-0.1, -0.05) is 6.92 Å². The minimum absolute atomic E-state index is 0.212. The first-order valence-corrected chi connectivity index (χ1v) is 9.97.